The highest BCUT2D eigenvalue weighted by Gasteiger charge is 2.26. The number of hydrogen-bond acceptors (Lipinski definition) is 4. The Labute approximate surface area is 207 Å². The molecule has 1 aromatic heterocycles. The standard InChI is InChI=1S/C29H48N2OS/c1-8-9-10-11-12-13-14-15-16-17-18-23-21-30-27(33-23)31-22-19-24(28(2,3)4)26(32)25(20-22)29(5,6)7/h19-21,32H,8-18H2,1-7H3,(H,30,31). The summed E-state index contributed by atoms with van der Waals surface area (Å²) >= 11 is 1.75. The van der Waals surface area contributed by atoms with E-state index in [1.807, 2.05) is 6.20 Å². The first-order valence-corrected chi connectivity index (χ1v) is 13.9. The van der Waals surface area contributed by atoms with Crippen LogP contribution < -0.4 is 5.32 Å². The number of aryl methyl sites for hydroxylation is 1. The molecule has 186 valence electrons. The summed E-state index contributed by atoms with van der Waals surface area (Å²) in [7, 11) is 0. The van der Waals surface area contributed by atoms with Crippen LogP contribution in [0.15, 0.2) is 18.3 Å². The Morgan fingerprint density at radius 3 is 1.76 bits per heavy atom. The van der Waals surface area contributed by atoms with Crippen LogP contribution in [0.5, 0.6) is 5.75 Å². The number of hydrogen-bond donors (Lipinski definition) is 2. The monoisotopic (exact) mass is 472 g/mol. The maximum absolute atomic E-state index is 10.9. The number of rotatable bonds is 13. The van der Waals surface area contributed by atoms with Gasteiger partial charge in [0.15, 0.2) is 5.13 Å². The second kappa shape index (κ2) is 12.8. The molecule has 4 heteroatoms. The van der Waals surface area contributed by atoms with Crippen molar-refractivity contribution < 1.29 is 5.11 Å². The van der Waals surface area contributed by atoms with Crippen molar-refractivity contribution in [2.75, 3.05) is 5.32 Å². The van der Waals surface area contributed by atoms with Gasteiger partial charge in [-0.25, -0.2) is 4.98 Å². The summed E-state index contributed by atoms with van der Waals surface area (Å²) in [6.07, 6.45) is 16.8. The van der Waals surface area contributed by atoms with Crippen LogP contribution in [0.2, 0.25) is 0 Å². The van der Waals surface area contributed by atoms with Crippen molar-refractivity contribution in [3.05, 3.63) is 34.3 Å². The molecule has 0 spiro atoms. The summed E-state index contributed by atoms with van der Waals surface area (Å²) in [5.41, 5.74) is 2.68. The second-order valence-corrected chi connectivity index (χ2v) is 12.7. The summed E-state index contributed by atoms with van der Waals surface area (Å²) in [6, 6.07) is 4.15. The Morgan fingerprint density at radius 2 is 1.27 bits per heavy atom. The van der Waals surface area contributed by atoms with E-state index in [4.69, 9.17) is 0 Å². The number of nitrogens with zero attached hydrogens (tertiary/aromatic N) is 1. The minimum absolute atomic E-state index is 0.134. The molecule has 0 amide bonds. The van der Waals surface area contributed by atoms with Crippen LogP contribution in [0.4, 0.5) is 10.8 Å². The van der Waals surface area contributed by atoms with E-state index in [-0.39, 0.29) is 10.8 Å². The highest BCUT2D eigenvalue weighted by atomic mass is 32.1. The Morgan fingerprint density at radius 1 is 0.788 bits per heavy atom. The lowest BCUT2D eigenvalue weighted by Crippen LogP contribution is -2.17. The van der Waals surface area contributed by atoms with Gasteiger partial charge in [0.25, 0.3) is 0 Å². The van der Waals surface area contributed by atoms with E-state index in [1.165, 1.54) is 69.1 Å². The zero-order valence-electron chi connectivity index (χ0n) is 22.3. The Kier molecular flexibility index (Phi) is 10.7. The maximum atomic E-state index is 10.9. The van der Waals surface area contributed by atoms with Crippen LogP contribution in [0.25, 0.3) is 0 Å². The van der Waals surface area contributed by atoms with E-state index in [0.717, 1.165) is 28.4 Å². The number of nitrogens with one attached hydrogen (secondary N) is 1. The van der Waals surface area contributed by atoms with Crippen LogP contribution in [0.1, 0.15) is 129 Å². The van der Waals surface area contributed by atoms with Gasteiger partial charge in [-0.3, -0.25) is 0 Å². The minimum Gasteiger partial charge on any atom is -0.507 e. The van der Waals surface area contributed by atoms with Gasteiger partial charge in [-0.15, -0.1) is 11.3 Å². The third-order valence-corrected chi connectivity index (χ3v) is 7.28. The summed E-state index contributed by atoms with van der Waals surface area (Å²) in [4.78, 5) is 5.98. The Bertz CT molecular complexity index is 807. The number of unbranched alkanes of at least 4 members (excludes halogenated alkanes) is 9. The van der Waals surface area contributed by atoms with Gasteiger partial charge in [0.05, 0.1) is 0 Å². The molecular formula is C29H48N2OS. The van der Waals surface area contributed by atoms with E-state index in [0.29, 0.717) is 5.75 Å². The molecule has 0 unspecified atom stereocenters. The number of thiazole rings is 1. The number of aromatic nitrogens is 1. The first-order chi connectivity index (χ1) is 15.5. The summed E-state index contributed by atoms with van der Waals surface area (Å²) in [5.74, 6) is 0.418. The largest absolute Gasteiger partial charge is 0.507 e. The summed E-state index contributed by atoms with van der Waals surface area (Å²) in [6.45, 7) is 15.1. The molecule has 33 heavy (non-hydrogen) atoms. The molecule has 0 aliphatic carbocycles. The predicted octanol–water partition coefficient (Wildman–Crippen LogP) is 9.65. The van der Waals surface area contributed by atoms with Crippen molar-refractivity contribution in [1.82, 2.24) is 4.98 Å². The maximum Gasteiger partial charge on any atom is 0.187 e. The van der Waals surface area contributed by atoms with E-state index in [9.17, 15) is 5.11 Å². The van der Waals surface area contributed by atoms with Crippen LogP contribution in [-0.2, 0) is 17.3 Å². The van der Waals surface area contributed by atoms with Crippen molar-refractivity contribution in [2.24, 2.45) is 0 Å². The zero-order valence-corrected chi connectivity index (χ0v) is 23.1. The van der Waals surface area contributed by atoms with Gasteiger partial charge in [0, 0.05) is 27.9 Å². The van der Waals surface area contributed by atoms with E-state index < -0.39 is 0 Å². The van der Waals surface area contributed by atoms with Crippen molar-refractivity contribution >= 4 is 22.2 Å². The van der Waals surface area contributed by atoms with Gasteiger partial charge in [0.2, 0.25) is 0 Å². The Hall–Kier alpha value is -1.55. The lowest BCUT2D eigenvalue weighted by Gasteiger charge is -2.28. The predicted molar refractivity (Wildman–Crippen MR) is 146 cm³/mol. The number of benzene rings is 1. The molecule has 0 aliphatic rings. The molecule has 0 radical (unpaired) electrons. The molecule has 2 rings (SSSR count). The quantitative estimate of drug-likeness (QED) is 0.225. The van der Waals surface area contributed by atoms with Crippen LogP contribution in [0.3, 0.4) is 0 Å². The highest BCUT2D eigenvalue weighted by Crippen LogP contribution is 2.41. The van der Waals surface area contributed by atoms with Crippen molar-refractivity contribution in [2.45, 2.75) is 130 Å². The molecule has 2 N–H and O–H groups in total. The number of aromatic hydroxyl groups is 1. The fourth-order valence-corrected chi connectivity index (χ4v) is 5.12. The van der Waals surface area contributed by atoms with Crippen LogP contribution in [0, 0.1) is 0 Å². The molecule has 0 bridgehead atoms. The molecule has 2 aromatic rings. The lowest BCUT2D eigenvalue weighted by atomic mass is 9.79. The first kappa shape index (κ1) is 27.7. The SMILES string of the molecule is CCCCCCCCCCCCc1cnc(Nc2cc(C(C)(C)C)c(O)c(C(C)(C)C)c2)s1. The van der Waals surface area contributed by atoms with Crippen LogP contribution in [-0.4, -0.2) is 10.1 Å². The normalized spacial score (nSPS) is 12.3. The molecule has 1 heterocycles. The van der Waals surface area contributed by atoms with Gasteiger partial charge >= 0.3 is 0 Å². The highest BCUT2D eigenvalue weighted by molar-refractivity contribution is 7.15. The molecule has 3 nitrogen and oxygen atoms in total. The molecule has 0 aliphatic heterocycles. The third kappa shape index (κ3) is 9.31. The summed E-state index contributed by atoms with van der Waals surface area (Å²) < 4.78 is 0. The van der Waals surface area contributed by atoms with E-state index in [1.54, 1.807) is 11.3 Å². The van der Waals surface area contributed by atoms with Gasteiger partial charge in [-0.1, -0.05) is 106 Å². The second-order valence-electron chi connectivity index (χ2n) is 11.6. The molecular weight excluding hydrogens is 424 g/mol. The average molecular weight is 473 g/mol. The van der Waals surface area contributed by atoms with Gasteiger partial charge in [0.1, 0.15) is 5.75 Å². The van der Waals surface area contributed by atoms with Crippen molar-refractivity contribution in [3.8, 4) is 5.75 Å². The van der Waals surface area contributed by atoms with Crippen molar-refractivity contribution in [3.63, 3.8) is 0 Å². The molecule has 0 saturated heterocycles. The van der Waals surface area contributed by atoms with Gasteiger partial charge < -0.3 is 10.4 Å². The Balaban J connectivity index is 1.87. The fraction of sp³-hybridized carbons (Fsp3) is 0.690. The molecule has 1 aromatic carbocycles. The van der Waals surface area contributed by atoms with Gasteiger partial charge in [-0.2, -0.15) is 0 Å². The number of anilines is 2. The van der Waals surface area contributed by atoms with E-state index >= 15 is 0 Å². The molecule has 0 fully saturated rings. The summed E-state index contributed by atoms with van der Waals surface area (Å²) in [5, 5.41) is 15.4. The lowest BCUT2D eigenvalue weighted by molar-refractivity contribution is 0.423. The average Bonchev–Trinajstić information content (AvgIpc) is 3.16. The molecule has 0 atom stereocenters. The third-order valence-electron chi connectivity index (χ3n) is 6.31. The van der Waals surface area contributed by atoms with Gasteiger partial charge in [-0.05, 0) is 35.8 Å². The molecule has 0 saturated carbocycles. The van der Waals surface area contributed by atoms with Crippen molar-refractivity contribution in [1.29, 1.82) is 0 Å². The van der Waals surface area contributed by atoms with Crippen LogP contribution >= 0.6 is 11.3 Å². The topological polar surface area (TPSA) is 45.2 Å². The first-order valence-electron chi connectivity index (χ1n) is 13.1. The minimum atomic E-state index is -0.134. The number of phenols is 1. The van der Waals surface area contributed by atoms with E-state index in [2.05, 4.69) is 70.9 Å². The fourth-order valence-electron chi connectivity index (χ4n) is 4.24. The number of phenolic OH excluding ortho intramolecular Hbond substituents is 1. The smallest absolute Gasteiger partial charge is 0.187 e. The zero-order chi connectivity index (χ0) is 24.5.